The number of halogens is 1. The first-order valence-electron chi connectivity index (χ1n) is 10.6. The molecular weight excluding hydrogens is 468 g/mol. The highest BCUT2D eigenvalue weighted by molar-refractivity contribution is 7.92. The third kappa shape index (κ3) is 5.30. The van der Waals surface area contributed by atoms with Crippen molar-refractivity contribution in [1.82, 2.24) is 5.32 Å². The summed E-state index contributed by atoms with van der Waals surface area (Å²) in [6.45, 7) is 2.00. The van der Waals surface area contributed by atoms with Gasteiger partial charge in [-0.15, -0.1) is 0 Å². The summed E-state index contributed by atoms with van der Waals surface area (Å²) in [5.74, 6) is -0.323. The Kier molecular flexibility index (Phi) is 7.01. The van der Waals surface area contributed by atoms with Gasteiger partial charge < -0.3 is 5.32 Å². The summed E-state index contributed by atoms with van der Waals surface area (Å²) >= 11 is 6.36. The van der Waals surface area contributed by atoms with Crippen LogP contribution >= 0.6 is 11.6 Å². The molecule has 172 valence electrons. The number of anilines is 1. The molecule has 2 N–H and O–H groups in total. The highest BCUT2D eigenvalue weighted by Gasteiger charge is 2.21. The van der Waals surface area contributed by atoms with Gasteiger partial charge in [-0.1, -0.05) is 84.4 Å². The van der Waals surface area contributed by atoms with E-state index in [0.29, 0.717) is 5.56 Å². The minimum atomic E-state index is -3.80. The number of carbonyl (C=O) groups is 1. The van der Waals surface area contributed by atoms with Crippen molar-refractivity contribution in [3.63, 3.8) is 0 Å². The maximum absolute atomic E-state index is 13.2. The number of sulfonamides is 1. The van der Waals surface area contributed by atoms with E-state index in [1.165, 1.54) is 24.3 Å². The maximum atomic E-state index is 13.2. The smallest absolute Gasteiger partial charge is 0.261 e. The first-order chi connectivity index (χ1) is 16.3. The van der Waals surface area contributed by atoms with Crippen molar-refractivity contribution >= 4 is 33.2 Å². The normalized spacial score (nSPS) is 12.1. The quantitative estimate of drug-likeness (QED) is 0.335. The van der Waals surface area contributed by atoms with Gasteiger partial charge in [0.2, 0.25) is 0 Å². The highest BCUT2D eigenvalue weighted by atomic mass is 35.5. The van der Waals surface area contributed by atoms with Crippen LogP contribution in [0.3, 0.4) is 0 Å². The Labute approximate surface area is 204 Å². The zero-order chi connectivity index (χ0) is 24.1. The first kappa shape index (κ1) is 23.5. The van der Waals surface area contributed by atoms with E-state index in [1.807, 2.05) is 61.5 Å². The second kappa shape index (κ2) is 10.1. The van der Waals surface area contributed by atoms with E-state index >= 15 is 0 Å². The van der Waals surface area contributed by atoms with Crippen molar-refractivity contribution in [1.29, 1.82) is 0 Å². The van der Waals surface area contributed by atoms with Gasteiger partial charge in [0, 0.05) is 5.56 Å². The molecule has 0 saturated carbocycles. The van der Waals surface area contributed by atoms with Crippen molar-refractivity contribution in [2.45, 2.75) is 17.9 Å². The van der Waals surface area contributed by atoms with Gasteiger partial charge in [0.25, 0.3) is 15.9 Å². The average molecular weight is 491 g/mol. The van der Waals surface area contributed by atoms with Crippen molar-refractivity contribution in [2.24, 2.45) is 0 Å². The molecule has 0 fully saturated rings. The van der Waals surface area contributed by atoms with E-state index in [-0.39, 0.29) is 27.6 Å². The second-order valence-electron chi connectivity index (χ2n) is 7.79. The molecule has 0 aliphatic carbocycles. The highest BCUT2D eigenvalue weighted by Crippen LogP contribution is 2.28. The average Bonchev–Trinajstić information content (AvgIpc) is 2.85. The predicted molar refractivity (Wildman–Crippen MR) is 136 cm³/mol. The van der Waals surface area contributed by atoms with Gasteiger partial charge in [0.1, 0.15) is 0 Å². The van der Waals surface area contributed by atoms with Crippen LogP contribution < -0.4 is 10.0 Å². The standard InChI is InChI=1S/C27H23ClN2O3S/c1-19-10-8-9-15-23(19)26(20-11-4-2-5-12-20)29-27(31)21-16-17-25(24(28)18-21)30-34(32,33)22-13-6-3-7-14-22/h2-18,26,30H,1H3,(H,29,31). The SMILES string of the molecule is Cc1ccccc1C(NC(=O)c1ccc(NS(=O)(=O)c2ccccc2)c(Cl)c1)c1ccccc1. The molecule has 0 spiro atoms. The van der Waals surface area contributed by atoms with Crippen LogP contribution in [0, 0.1) is 6.92 Å². The van der Waals surface area contributed by atoms with Crippen LogP contribution in [-0.2, 0) is 10.0 Å². The molecule has 0 heterocycles. The lowest BCUT2D eigenvalue weighted by atomic mass is 9.94. The van der Waals surface area contributed by atoms with E-state index in [0.717, 1.165) is 16.7 Å². The second-order valence-corrected chi connectivity index (χ2v) is 9.88. The molecular formula is C27H23ClN2O3S. The molecule has 0 aromatic heterocycles. The number of carbonyl (C=O) groups excluding carboxylic acids is 1. The van der Waals surface area contributed by atoms with Crippen LogP contribution in [0.2, 0.25) is 5.02 Å². The Bertz CT molecular complexity index is 1410. The topological polar surface area (TPSA) is 75.3 Å². The Balaban J connectivity index is 1.59. The molecule has 0 aliphatic heterocycles. The number of aryl methyl sites for hydroxylation is 1. The summed E-state index contributed by atoms with van der Waals surface area (Å²) in [6, 6.07) is 29.7. The molecule has 1 amide bonds. The van der Waals surface area contributed by atoms with Crippen molar-refractivity contribution in [3.05, 3.63) is 130 Å². The molecule has 0 bridgehead atoms. The van der Waals surface area contributed by atoms with Crippen LogP contribution in [0.4, 0.5) is 5.69 Å². The summed E-state index contributed by atoms with van der Waals surface area (Å²) in [7, 11) is -3.80. The summed E-state index contributed by atoms with van der Waals surface area (Å²) < 4.78 is 27.7. The fourth-order valence-electron chi connectivity index (χ4n) is 3.65. The van der Waals surface area contributed by atoms with Gasteiger partial charge in [-0.2, -0.15) is 0 Å². The molecule has 4 rings (SSSR count). The minimum absolute atomic E-state index is 0.122. The molecule has 0 aliphatic rings. The lowest BCUT2D eigenvalue weighted by Gasteiger charge is -2.22. The van der Waals surface area contributed by atoms with Crippen molar-refractivity contribution in [3.8, 4) is 0 Å². The summed E-state index contributed by atoms with van der Waals surface area (Å²) in [5.41, 5.74) is 3.51. The molecule has 0 saturated heterocycles. The van der Waals surface area contributed by atoms with Crippen LogP contribution in [0.1, 0.15) is 33.1 Å². The van der Waals surface area contributed by atoms with Gasteiger partial charge in [-0.25, -0.2) is 8.42 Å². The van der Waals surface area contributed by atoms with E-state index in [4.69, 9.17) is 11.6 Å². The first-order valence-corrected chi connectivity index (χ1v) is 12.5. The number of benzene rings is 4. The Morgan fingerprint density at radius 2 is 1.44 bits per heavy atom. The van der Waals surface area contributed by atoms with Crippen LogP contribution in [0.5, 0.6) is 0 Å². The molecule has 1 unspecified atom stereocenters. The zero-order valence-corrected chi connectivity index (χ0v) is 20.0. The minimum Gasteiger partial charge on any atom is -0.341 e. The van der Waals surface area contributed by atoms with E-state index in [2.05, 4.69) is 10.0 Å². The van der Waals surface area contributed by atoms with Gasteiger partial charge in [-0.3, -0.25) is 9.52 Å². The fourth-order valence-corrected chi connectivity index (χ4v) is 5.04. The third-order valence-electron chi connectivity index (χ3n) is 5.44. The van der Waals surface area contributed by atoms with E-state index in [9.17, 15) is 13.2 Å². The summed E-state index contributed by atoms with van der Waals surface area (Å²) in [5, 5.41) is 3.22. The maximum Gasteiger partial charge on any atom is 0.261 e. The van der Waals surface area contributed by atoms with E-state index in [1.54, 1.807) is 24.3 Å². The number of hydrogen-bond acceptors (Lipinski definition) is 3. The zero-order valence-electron chi connectivity index (χ0n) is 18.4. The van der Waals surface area contributed by atoms with Gasteiger partial charge in [-0.05, 0) is 53.9 Å². The largest absolute Gasteiger partial charge is 0.341 e. The summed E-state index contributed by atoms with van der Waals surface area (Å²) in [6.07, 6.45) is 0. The molecule has 1 atom stereocenters. The number of rotatable bonds is 7. The van der Waals surface area contributed by atoms with Gasteiger partial charge in [0.15, 0.2) is 0 Å². The van der Waals surface area contributed by atoms with Crippen LogP contribution in [0.25, 0.3) is 0 Å². The predicted octanol–water partition coefficient (Wildman–Crippen LogP) is 5.97. The fraction of sp³-hybridized carbons (Fsp3) is 0.0741. The Morgan fingerprint density at radius 3 is 2.09 bits per heavy atom. The molecule has 5 nitrogen and oxygen atoms in total. The summed E-state index contributed by atoms with van der Waals surface area (Å²) in [4.78, 5) is 13.3. The monoisotopic (exact) mass is 490 g/mol. The molecule has 4 aromatic rings. The Morgan fingerprint density at radius 1 is 0.824 bits per heavy atom. The molecule has 4 aromatic carbocycles. The molecule has 34 heavy (non-hydrogen) atoms. The lowest BCUT2D eigenvalue weighted by Crippen LogP contribution is -2.29. The lowest BCUT2D eigenvalue weighted by molar-refractivity contribution is 0.0943. The molecule has 7 heteroatoms. The van der Waals surface area contributed by atoms with Gasteiger partial charge in [0.05, 0.1) is 21.6 Å². The number of nitrogens with one attached hydrogen (secondary N) is 2. The Hall–Kier alpha value is -3.61. The van der Waals surface area contributed by atoms with Gasteiger partial charge >= 0.3 is 0 Å². The number of amides is 1. The van der Waals surface area contributed by atoms with E-state index < -0.39 is 10.0 Å². The van der Waals surface area contributed by atoms with Crippen LogP contribution in [0.15, 0.2) is 108 Å². The third-order valence-corrected chi connectivity index (χ3v) is 7.13. The molecule has 0 radical (unpaired) electrons. The van der Waals surface area contributed by atoms with Crippen molar-refractivity contribution in [2.75, 3.05) is 4.72 Å². The number of hydrogen-bond donors (Lipinski definition) is 2. The van der Waals surface area contributed by atoms with Crippen molar-refractivity contribution < 1.29 is 13.2 Å². The van der Waals surface area contributed by atoms with Crippen LogP contribution in [-0.4, -0.2) is 14.3 Å².